The van der Waals surface area contributed by atoms with Crippen molar-refractivity contribution < 1.29 is 28.5 Å². The van der Waals surface area contributed by atoms with E-state index in [0.29, 0.717) is 22.8 Å². The second-order valence-electron chi connectivity index (χ2n) is 6.24. The number of esters is 1. The largest absolute Gasteiger partial charge is 0.493 e. The zero-order chi connectivity index (χ0) is 19.6. The van der Waals surface area contributed by atoms with Gasteiger partial charge in [0.05, 0.1) is 40.1 Å². The molecule has 3 rings (SSSR count). The summed E-state index contributed by atoms with van der Waals surface area (Å²) < 4.78 is 27.4. The van der Waals surface area contributed by atoms with Crippen molar-refractivity contribution in [2.75, 3.05) is 35.5 Å². The maximum absolute atomic E-state index is 12.0. The molecule has 0 saturated heterocycles. The van der Waals surface area contributed by atoms with E-state index in [1.54, 1.807) is 34.5 Å². The Balaban J connectivity index is 2.32. The van der Waals surface area contributed by atoms with Crippen LogP contribution in [0.4, 0.5) is 0 Å². The molecule has 0 bridgehead atoms. The van der Waals surface area contributed by atoms with Crippen molar-refractivity contribution in [1.29, 1.82) is 0 Å². The molecular formula is C21H24O6. The molecule has 6 heteroatoms. The van der Waals surface area contributed by atoms with Gasteiger partial charge in [-0.25, -0.2) is 4.79 Å². The van der Waals surface area contributed by atoms with Gasteiger partial charge in [-0.3, -0.25) is 0 Å². The molecule has 0 radical (unpaired) electrons. The van der Waals surface area contributed by atoms with Gasteiger partial charge < -0.3 is 23.7 Å². The number of benzene rings is 2. The Hall–Kier alpha value is -2.73. The first-order valence-electron chi connectivity index (χ1n) is 8.66. The Kier molecular flexibility index (Phi) is 5.56. The summed E-state index contributed by atoms with van der Waals surface area (Å²) in [5, 5.41) is 0. The number of carbonyl (C=O) groups is 1. The third kappa shape index (κ3) is 3.21. The van der Waals surface area contributed by atoms with Gasteiger partial charge in [0, 0.05) is 12.7 Å². The summed E-state index contributed by atoms with van der Waals surface area (Å²) in [6.07, 6.45) is 1.38. The van der Waals surface area contributed by atoms with Crippen molar-refractivity contribution in [1.82, 2.24) is 0 Å². The van der Waals surface area contributed by atoms with Crippen molar-refractivity contribution in [3.8, 4) is 28.4 Å². The van der Waals surface area contributed by atoms with E-state index in [4.69, 9.17) is 23.7 Å². The van der Waals surface area contributed by atoms with Gasteiger partial charge in [-0.15, -0.1) is 0 Å². The molecule has 0 fully saturated rings. The molecular weight excluding hydrogens is 348 g/mol. The minimum atomic E-state index is -0.378. The first-order chi connectivity index (χ1) is 13.1. The van der Waals surface area contributed by atoms with E-state index in [-0.39, 0.29) is 12.1 Å². The number of ether oxygens (including phenoxy) is 5. The van der Waals surface area contributed by atoms with Crippen LogP contribution in [-0.4, -0.2) is 41.5 Å². The van der Waals surface area contributed by atoms with Crippen molar-refractivity contribution in [3.63, 3.8) is 0 Å². The van der Waals surface area contributed by atoms with Crippen LogP contribution in [-0.2, 0) is 15.9 Å². The van der Waals surface area contributed by atoms with Crippen molar-refractivity contribution in [3.05, 3.63) is 41.0 Å². The highest BCUT2D eigenvalue weighted by molar-refractivity contribution is 5.92. The van der Waals surface area contributed by atoms with Crippen LogP contribution in [0.1, 0.15) is 34.0 Å². The van der Waals surface area contributed by atoms with E-state index in [9.17, 15) is 4.79 Å². The lowest BCUT2D eigenvalue weighted by Crippen LogP contribution is -2.07. The fourth-order valence-corrected chi connectivity index (χ4v) is 3.69. The first kappa shape index (κ1) is 19.0. The Labute approximate surface area is 158 Å². The Morgan fingerprint density at radius 3 is 2.30 bits per heavy atom. The molecule has 1 aliphatic carbocycles. The molecule has 0 saturated carbocycles. The zero-order valence-electron chi connectivity index (χ0n) is 16.3. The minimum Gasteiger partial charge on any atom is -0.493 e. The monoisotopic (exact) mass is 372 g/mol. The molecule has 1 atom stereocenters. The van der Waals surface area contributed by atoms with Gasteiger partial charge in [-0.2, -0.15) is 0 Å². The zero-order valence-corrected chi connectivity index (χ0v) is 16.3. The summed E-state index contributed by atoms with van der Waals surface area (Å²) in [5.74, 6) is 1.39. The normalized spacial score (nSPS) is 15.2. The fraction of sp³-hybridized carbons (Fsp3) is 0.381. The first-order valence-corrected chi connectivity index (χ1v) is 8.66. The molecule has 0 aliphatic heterocycles. The smallest absolute Gasteiger partial charge is 0.337 e. The van der Waals surface area contributed by atoms with E-state index in [2.05, 4.69) is 0 Å². The van der Waals surface area contributed by atoms with Gasteiger partial charge in [0.25, 0.3) is 0 Å². The molecule has 27 heavy (non-hydrogen) atoms. The number of aryl methyl sites for hydroxylation is 1. The van der Waals surface area contributed by atoms with Crippen LogP contribution >= 0.6 is 0 Å². The summed E-state index contributed by atoms with van der Waals surface area (Å²) in [4.78, 5) is 12.0. The van der Waals surface area contributed by atoms with Gasteiger partial charge in [0.1, 0.15) is 0 Å². The number of methoxy groups -OCH3 is 5. The Morgan fingerprint density at radius 1 is 0.963 bits per heavy atom. The fourth-order valence-electron chi connectivity index (χ4n) is 3.69. The highest BCUT2D eigenvalue weighted by Crippen LogP contribution is 2.50. The second-order valence-corrected chi connectivity index (χ2v) is 6.24. The molecule has 6 nitrogen and oxygen atoms in total. The third-order valence-corrected chi connectivity index (χ3v) is 4.96. The quantitative estimate of drug-likeness (QED) is 0.744. The van der Waals surface area contributed by atoms with Gasteiger partial charge in [-0.1, -0.05) is 6.07 Å². The summed E-state index contributed by atoms with van der Waals surface area (Å²) in [6, 6.07) is 7.47. The molecule has 0 amide bonds. The number of hydrogen-bond acceptors (Lipinski definition) is 6. The van der Waals surface area contributed by atoms with Gasteiger partial charge >= 0.3 is 5.97 Å². The summed E-state index contributed by atoms with van der Waals surface area (Å²) in [7, 11) is 7.85. The predicted octanol–water partition coefficient (Wildman–Crippen LogP) is 3.80. The van der Waals surface area contributed by atoms with Crippen molar-refractivity contribution in [2.45, 2.75) is 18.9 Å². The Bertz CT molecular complexity index is 858. The van der Waals surface area contributed by atoms with E-state index in [1.807, 2.05) is 18.2 Å². The highest BCUT2D eigenvalue weighted by atomic mass is 16.5. The molecule has 0 N–H and O–H groups in total. The number of carbonyl (C=O) groups excluding carboxylic acids is 1. The van der Waals surface area contributed by atoms with Gasteiger partial charge in [-0.05, 0) is 47.7 Å². The topological polar surface area (TPSA) is 63.2 Å². The van der Waals surface area contributed by atoms with Crippen LogP contribution < -0.4 is 14.2 Å². The lowest BCUT2D eigenvalue weighted by atomic mass is 9.93. The molecule has 0 aromatic heterocycles. The predicted molar refractivity (Wildman–Crippen MR) is 101 cm³/mol. The highest BCUT2D eigenvalue weighted by Gasteiger charge is 2.29. The van der Waals surface area contributed by atoms with Crippen LogP contribution in [0.15, 0.2) is 24.3 Å². The molecule has 1 unspecified atom stereocenters. The second kappa shape index (κ2) is 7.88. The average molecular weight is 372 g/mol. The van der Waals surface area contributed by atoms with Gasteiger partial charge in [0.2, 0.25) is 5.75 Å². The standard InChI is InChI=1S/C21H24O6/c1-23-16-9-7-12-11-17(24-2)19(25-3)20(26-4)18(12)14-8-6-13(10-15(14)16)21(22)27-5/h6,8,10-11,16H,7,9H2,1-5H3. The minimum absolute atomic E-state index is 0.154. The number of rotatable bonds is 5. The molecule has 2 aromatic carbocycles. The van der Waals surface area contributed by atoms with Crippen LogP contribution in [0.2, 0.25) is 0 Å². The maximum Gasteiger partial charge on any atom is 0.337 e. The molecule has 2 aromatic rings. The SMILES string of the molecule is COC(=O)c1ccc2c(c1)C(OC)CCc1cc(OC)c(OC)c(OC)c1-2. The van der Waals surface area contributed by atoms with Crippen LogP contribution in [0.5, 0.6) is 17.2 Å². The number of fused-ring (bicyclic) bond motifs is 3. The van der Waals surface area contributed by atoms with E-state index in [1.165, 1.54) is 7.11 Å². The van der Waals surface area contributed by atoms with Crippen molar-refractivity contribution >= 4 is 5.97 Å². The Morgan fingerprint density at radius 2 is 1.70 bits per heavy atom. The maximum atomic E-state index is 12.0. The molecule has 0 spiro atoms. The molecule has 0 heterocycles. The van der Waals surface area contributed by atoms with E-state index >= 15 is 0 Å². The molecule has 1 aliphatic rings. The average Bonchev–Trinajstić information content (AvgIpc) is 2.87. The lowest BCUT2D eigenvalue weighted by Gasteiger charge is -2.20. The van der Waals surface area contributed by atoms with Crippen LogP contribution in [0.3, 0.4) is 0 Å². The summed E-state index contributed by atoms with van der Waals surface area (Å²) in [6.45, 7) is 0. The summed E-state index contributed by atoms with van der Waals surface area (Å²) in [5.41, 5.74) is 4.36. The van der Waals surface area contributed by atoms with Gasteiger partial charge in [0.15, 0.2) is 11.5 Å². The third-order valence-electron chi connectivity index (χ3n) is 4.96. The van der Waals surface area contributed by atoms with Crippen LogP contribution in [0.25, 0.3) is 11.1 Å². The van der Waals surface area contributed by atoms with E-state index < -0.39 is 0 Å². The number of hydrogen-bond donors (Lipinski definition) is 0. The van der Waals surface area contributed by atoms with Crippen LogP contribution in [0, 0.1) is 0 Å². The van der Waals surface area contributed by atoms with E-state index in [0.717, 1.165) is 35.1 Å². The van der Waals surface area contributed by atoms with Crippen molar-refractivity contribution in [2.24, 2.45) is 0 Å². The molecule has 144 valence electrons. The lowest BCUT2D eigenvalue weighted by molar-refractivity contribution is 0.0599. The summed E-state index contributed by atoms with van der Waals surface area (Å²) >= 11 is 0.